The summed E-state index contributed by atoms with van der Waals surface area (Å²) in [7, 11) is 0. The molecule has 1 heterocycles. The number of hydrogen-bond acceptors (Lipinski definition) is 4. The molecule has 38 heavy (non-hydrogen) atoms. The third-order valence-electron chi connectivity index (χ3n) is 5.72. The van der Waals surface area contributed by atoms with Gasteiger partial charge in [0.25, 0.3) is 5.91 Å². The molecule has 0 fully saturated rings. The molecule has 5 rings (SSSR count). The number of H-pyrrole nitrogens is 1. The Morgan fingerprint density at radius 3 is 2.32 bits per heavy atom. The van der Waals surface area contributed by atoms with Gasteiger partial charge in [-0.05, 0) is 48.5 Å². The second kappa shape index (κ2) is 11.1. The zero-order chi connectivity index (χ0) is 26.6. The van der Waals surface area contributed by atoms with Gasteiger partial charge in [0, 0.05) is 32.1 Å². The first-order valence-corrected chi connectivity index (χ1v) is 12.5. The number of aromatic nitrogens is 1. The predicted octanol–water partition coefficient (Wildman–Crippen LogP) is 7.78. The van der Waals surface area contributed by atoms with E-state index in [0.717, 1.165) is 5.39 Å². The van der Waals surface area contributed by atoms with Crippen LogP contribution in [-0.2, 0) is 0 Å². The molecule has 5 aromatic rings. The van der Waals surface area contributed by atoms with Crippen LogP contribution in [0.1, 0.15) is 26.4 Å². The minimum atomic E-state index is -0.550. The molecule has 0 spiro atoms. The number of benzene rings is 4. The Morgan fingerprint density at radius 1 is 0.816 bits per heavy atom. The highest BCUT2D eigenvalue weighted by Crippen LogP contribution is 2.38. The summed E-state index contributed by atoms with van der Waals surface area (Å²) in [6, 6.07) is 25.8. The molecule has 0 unspecified atom stereocenters. The molecule has 9 heteroatoms. The maximum Gasteiger partial charge on any atom is 0.343 e. The Morgan fingerprint density at radius 2 is 1.53 bits per heavy atom. The third-order valence-corrected chi connectivity index (χ3v) is 6.62. The van der Waals surface area contributed by atoms with Crippen LogP contribution >= 0.6 is 34.8 Å². The number of hydrazone groups is 1. The van der Waals surface area contributed by atoms with Crippen LogP contribution in [0.3, 0.4) is 0 Å². The van der Waals surface area contributed by atoms with E-state index in [2.05, 4.69) is 15.5 Å². The van der Waals surface area contributed by atoms with Gasteiger partial charge in [-0.15, -0.1) is 0 Å². The molecule has 0 bridgehead atoms. The van der Waals surface area contributed by atoms with Crippen LogP contribution in [0, 0.1) is 0 Å². The second-order valence-corrected chi connectivity index (χ2v) is 9.40. The minimum Gasteiger partial charge on any atom is -0.422 e. The van der Waals surface area contributed by atoms with Crippen LogP contribution in [0.2, 0.25) is 15.1 Å². The summed E-state index contributed by atoms with van der Waals surface area (Å²) in [6.07, 6.45) is 1.40. The third kappa shape index (κ3) is 5.29. The number of nitrogens with one attached hydrogen (secondary N) is 2. The fourth-order valence-electron chi connectivity index (χ4n) is 3.94. The molecule has 0 aliphatic carbocycles. The number of carbonyl (C=O) groups excluding carboxylic acids is 2. The number of aromatic amines is 1. The van der Waals surface area contributed by atoms with Crippen LogP contribution in [0.5, 0.6) is 5.75 Å². The molecule has 2 N–H and O–H groups in total. The number of nitrogens with zero attached hydrogens (tertiary/aromatic N) is 1. The molecule has 188 valence electrons. The van der Waals surface area contributed by atoms with Crippen LogP contribution < -0.4 is 10.2 Å². The Kier molecular flexibility index (Phi) is 7.47. The number of halogens is 3. The lowest BCUT2D eigenvalue weighted by molar-refractivity contribution is 0.0734. The molecule has 1 amide bonds. The molecule has 0 atom stereocenters. The van der Waals surface area contributed by atoms with E-state index in [1.165, 1.54) is 6.21 Å². The minimum absolute atomic E-state index is 0.251. The fraction of sp³-hybridized carbons (Fsp3) is 0. The van der Waals surface area contributed by atoms with Crippen molar-refractivity contribution in [3.8, 4) is 16.9 Å². The summed E-state index contributed by atoms with van der Waals surface area (Å²) in [5.41, 5.74) is 5.51. The van der Waals surface area contributed by atoms with Crippen LogP contribution in [0.15, 0.2) is 96.1 Å². The number of amides is 1. The van der Waals surface area contributed by atoms with Crippen molar-refractivity contribution >= 4 is 63.8 Å². The van der Waals surface area contributed by atoms with Crippen molar-refractivity contribution in [1.29, 1.82) is 0 Å². The number of fused-ring (bicyclic) bond motifs is 1. The molecular formula is C29H18Cl3N3O3. The highest BCUT2D eigenvalue weighted by Gasteiger charge is 2.22. The second-order valence-electron chi connectivity index (χ2n) is 8.15. The van der Waals surface area contributed by atoms with Crippen LogP contribution in [-0.4, -0.2) is 23.1 Å². The Bertz CT molecular complexity index is 1690. The molecular weight excluding hydrogens is 545 g/mol. The van der Waals surface area contributed by atoms with Gasteiger partial charge in [0.1, 0.15) is 11.4 Å². The van der Waals surface area contributed by atoms with E-state index < -0.39 is 11.9 Å². The van der Waals surface area contributed by atoms with Crippen molar-refractivity contribution in [2.75, 3.05) is 0 Å². The lowest BCUT2D eigenvalue weighted by Gasteiger charge is -2.08. The summed E-state index contributed by atoms with van der Waals surface area (Å²) >= 11 is 18.8. The van der Waals surface area contributed by atoms with Gasteiger partial charge in [-0.1, -0.05) is 77.3 Å². The van der Waals surface area contributed by atoms with Gasteiger partial charge in [0.05, 0.1) is 22.3 Å². The fourth-order valence-corrected chi connectivity index (χ4v) is 4.51. The number of hydrogen-bond donors (Lipinski definition) is 2. The SMILES string of the molecule is O=C(Oc1ccccc1C=NNC(=O)c1[nH]c2c(Cl)cccc2c1-c1ccccc1Cl)c1ccc(Cl)cc1. The average molecular weight is 563 g/mol. The molecule has 0 aliphatic heterocycles. The van der Waals surface area contributed by atoms with Gasteiger partial charge in [0.15, 0.2) is 0 Å². The van der Waals surface area contributed by atoms with E-state index in [-0.39, 0.29) is 11.4 Å². The number of para-hydroxylation sites is 2. The number of ether oxygens (including phenoxy) is 1. The van der Waals surface area contributed by atoms with Crippen LogP contribution in [0.25, 0.3) is 22.0 Å². The summed E-state index contributed by atoms with van der Waals surface area (Å²) in [6.45, 7) is 0. The molecule has 6 nitrogen and oxygen atoms in total. The van der Waals surface area contributed by atoms with Crippen molar-refractivity contribution in [3.63, 3.8) is 0 Å². The van der Waals surface area contributed by atoms with Gasteiger partial charge >= 0.3 is 5.97 Å². The highest BCUT2D eigenvalue weighted by molar-refractivity contribution is 6.37. The van der Waals surface area contributed by atoms with Crippen molar-refractivity contribution in [2.45, 2.75) is 0 Å². The Hall–Kier alpha value is -4.10. The number of carbonyl (C=O) groups is 2. The van der Waals surface area contributed by atoms with Gasteiger partial charge in [-0.2, -0.15) is 5.10 Å². The maximum absolute atomic E-state index is 13.3. The summed E-state index contributed by atoms with van der Waals surface area (Å²) < 4.78 is 5.54. The highest BCUT2D eigenvalue weighted by atomic mass is 35.5. The zero-order valence-corrected chi connectivity index (χ0v) is 21.8. The van der Waals surface area contributed by atoms with Crippen LogP contribution in [0.4, 0.5) is 0 Å². The number of esters is 1. The lowest BCUT2D eigenvalue weighted by atomic mass is 10.0. The van der Waals surface area contributed by atoms with E-state index >= 15 is 0 Å². The standard InChI is InChI=1S/C29H18Cl3N3O3/c30-19-14-12-17(13-15-19)29(37)38-24-11-4-1-6-18(24)16-33-35-28(36)27-25(20-7-2-3-9-22(20)31)21-8-5-10-23(32)26(21)34-27/h1-16,34H,(H,35,36). The summed E-state index contributed by atoms with van der Waals surface area (Å²) in [4.78, 5) is 28.9. The first-order valence-electron chi connectivity index (χ1n) is 11.4. The number of rotatable bonds is 6. The molecule has 0 aliphatic rings. The first-order chi connectivity index (χ1) is 18.4. The first kappa shape index (κ1) is 25.5. The average Bonchev–Trinajstić information content (AvgIpc) is 3.31. The summed E-state index contributed by atoms with van der Waals surface area (Å²) in [5, 5.41) is 6.32. The topological polar surface area (TPSA) is 83.5 Å². The summed E-state index contributed by atoms with van der Waals surface area (Å²) in [5.74, 6) is -0.774. The molecule has 0 radical (unpaired) electrons. The van der Waals surface area contributed by atoms with E-state index in [1.54, 1.807) is 66.7 Å². The van der Waals surface area contributed by atoms with Crippen molar-refractivity contribution in [1.82, 2.24) is 10.4 Å². The normalized spacial score (nSPS) is 11.1. The smallest absolute Gasteiger partial charge is 0.343 e. The largest absolute Gasteiger partial charge is 0.422 e. The Balaban J connectivity index is 1.41. The zero-order valence-electron chi connectivity index (χ0n) is 19.5. The van der Waals surface area contributed by atoms with Crippen molar-refractivity contribution < 1.29 is 14.3 Å². The van der Waals surface area contributed by atoms with Gasteiger partial charge in [-0.25, -0.2) is 10.2 Å². The monoisotopic (exact) mass is 561 g/mol. The van der Waals surface area contributed by atoms with Gasteiger partial charge < -0.3 is 9.72 Å². The van der Waals surface area contributed by atoms with Crippen molar-refractivity contribution in [2.24, 2.45) is 5.10 Å². The lowest BCUT2D eigenvalue weighted by Crippen LogP contribution is -2.19. The predicted molar refractivity (Wildman–Crippen MR) is 152 cm³/mol. The Labute approximate surface area is 232 Å². The molecule has 0 saturated heterocycles. The molecule has 4 aromatic carbocycles. The van der Waals surface area contributed by atoms with E-state index in [0.29, 0.717) is 42.8 Å². The molecule has 1 aromatic heterocycles. The van der Waals surface area contributed by atoms with Gasteiger partial charge in [0.2, 0.25) is 0 Å². The quantitative estimate of drug-likeness (QED) is 0.0959. The van der Waals surface area contributed by atoms with E-state index in [1.807, 2.05) is 24.3 Å². The molecule has 0 saturated carbocycles. The maximum atomic E-state index is 13.3. The van der Waals surface area contributed by atoms with Gasteiger partial charge in [-0.3, -0.25) is 4.79 Å². The van der Waals surface area contributed by atoms with E-state index in [9.17, 15) is 9.59 Å². The van der Waals surface area contributed by atoms with Crippen molar-refractivity contribution in [3.05, 3.63) is 123 Å². The van der Waals surface area contributed by atoms with E-state index in [4.69, 9.17) is 39.5 Å².